The Balaban J connectivity index is 1.51. The molecule has 1 atom stereocenters. The van der Waals surface area contributed by atoms with E-state index in [1.807, 2.05) is 6.07 Å². The maximum atomic E-state index is 13.6. The lowest BCUT2D eigenvalue weighted by atomic mass is 9.68. The molecule has 0 bridgehead atoms. The van der Waals surface area contributed by atoms with E-state index < -0.39 is 0 Å². The molecule has 4 aromatic rings. The van der Waals surface area contributed by atoms with Gasteiger partial charge in [0.15, 0.2) is 5.78 Å². The van der Waals surface area contributed by atoms with Gasteiger partial charge in [0.1, 0.15) is 0 Å². The van der Waals surface area contributed by atoms with Crippen molar-refractivity contribution in [2.45, 2.75) is 32.7 Å². The van der Waals surface area contributed by atoms with Crippen LogP contribution in [0.25, 0.3) is 27.5 Å². The van der Waals surface area contributed by atoms with Gasteiger partial charge in [0, 0.05) is 23.2 Å². The summed E-state index contributed by atoms with van der Waals surface area (Å²) < 4.78 is 0. The smallest absolute Gasteiger partial charge is 0.162 e. The topological polar surface area (TPSA) is 29.1 Å². The molecule has 0 saturated carbocycles. The molecule has 0 spiro atoms. The molecule has 1 unspecified atom stereocenters. The minimum atomic E-state index is -0.123. The van der Waals surface area contributed by atoms with Crippen molar-refractivity contribution in [2.24, 2.45) is 5.41 Å². The Labute approximate surface area is 195 Å². The number of anilines is 1. The highest BCUT2D eigenvalue weighted by molar-refractivity contribution is 6.12. The van der Waals surface area contributed by atoms with E-state index in [1.54, 1.807) is 0 Å². The fraction of sp³-hybridized carbons (Fsp3) is 0.194. The van der Waals surface area contributed by atoms with E-state index in [2.05, 4.69) is 104 Å². The van der Waals surface area contributed by atoms with Crippen LogP contribution in [-0.4, -0.2) is 5.78 Å². The third-order valence-electron chi connectivity index (χ3n) is 7.09. The summed E-state index contributed by atoms with van der Waals surface area (Å²) in [4.78, 5) is 13.6. The van der Waals surface area contributed by atoms with Crippen molar-refractivity contribution < 1.29 is 4.79 Å². The van der Waals surface area contributed by atoms with Crippen LogP contribution in [0.3, 0.4) is 0 Å². The number of hydrogen-bond donors (Lipinski definition) is 1. The maximum absolute atomic E-state index is 13.6. The molecule has 2 aliphatic rings. The fourth-order valence-electron chi connectivity index (χ4n) is 5.59. The van der Waals surface area contributed by atoms with E-state index in [0.29, 0.717) is 6.42 Å². The Bertz CT molecular complexity index is 1410. The first-order valence-corrected chi connectivity index (χ1v) is 11.7. The third kappa shape index (κ3) is 3.38. The van der Waals surface area contributed by atoms with Gasteiger partial charge in [0.2, 0.25) is 0 Å². The average Bonchev–Trinajstić information content (AvgIpc) is 2.83. The van der Waals surface area contributed by atoms with Gasteiger partial charge in [0.05, 0.1) is 6.04 Å². The number of carbonyl (C=O) groups excluding carboxylic acids is 1. The minimum absolute atomic E-state index is 0.0385. The van der Waals surface area contributed by atoms with Gasteiger partial charge in [-0.05, 0) is 50.9 Å². The molecule has 1 heterocycles. The van der Waals surface area contributed by atoms with Crippen molar-refractivity contribution in [3.63, 3.8) is 0 Å². The molecule has 6 rings (SSSR count). The Hall–Kier alpha value is -3.65. The van der Waals surface area contributed by atoms with Crippen LogP contribution in [0.2, 0.25) is 0 Å². The molecule has 0 saturated heterocycles. The normalized spacial score (nSPS) is 19.1. The van der Waals surface area contributed by atoms with Gasteiger partial charge < -0.3 is 5.32 Å². The first-order valence-electron chi connectivity index (χ1n) is 11.7. The molecule has 4 aromatic carbocycles. The van der Waals surface area contributed by atoms with Gasteiger partial charge in [-0.2, -0.15) is 0 Å². The second-order valence-electron chi connectivity index (χ2n) is 10.1. The number of hydrogen-bond acceptors (Lipinski definition) is 2. The fourth-order valence-corrected chi connectivity index (χ4v) is 5.59. The lowest BCUT2D eigenvalue weighted by Gasteiger charge is -2.40. The molecule has 0 aromatic heterocycles. The molecule has 0 amide bonds. The molecular formula is C31H27NO. The van der Waals surface area contributed by atoms with Crippen molar-refractivity contribution in [3.8, 4) is 11.1 Å². The molecule has 33 heavy (non-hydrogen) atoms. The summed E-state index contributed by atoms with van der Waals surface area (Å²) in [6.45, 7) is 4.43. The van der Waals surface area contributed by atoms with Crippen LogP contribution in [-0.2, 0) is 4.79 Å². The standard InChI is InChI=1S/C31H27NO/c1-31(2)18-25-28-24-11-7-6-10-22(24)16-17-26(28)32-30(29(25)27(33)19-31)23-14-12-21(13-15-23)20-8-4-3-5-9-20/h3-17,30,32H,18-19H2,1-2H3. The van der Waals surface area contributed by atoms with Crippen molar-refractivity contribution in [1.82, 2.24) is 0 Å². The number of nitrogens with one attached hydrogen (secondary N) is 1. The summed E-state index contributed by atoms with van der Waals surface area (Å²) in [6.07, 6.45) is 1.50. The largest absolute Gasteiger partial charge is 0.373 e. The summed E-state index contributed by atoms with van der Waals surface area (Å²) in [5.41, 5.74) is 7.98. The summed E-state index contributed by atoms with van der Waals surface area (Å²) in [7, 11) is 0. The van der Waals surface area contributed by atoms with E-state index in [4.69, 9.17) is 0 Å². The first-order chi connectivity index (χ1) is 16.0. The van der Waals surface area contributed by atoms with Gasteiger partial charge >= 0.3 is 0 Å². The van der Waals surface area contributed by atoms with Gasteiger partial charge in [-0.25, -0.2) is 0 Å². The zero-order chi connectivity index (χ0) is 22.6. The van der Waals surface area contributed by atoms with E-state index in [-0.39, 0.29) is 17.2 Å². The number of Topliss-reactive ketones (excluding diaryl/α,β-unsaturated/α-hetero) is 1. The van der Waals surface area contributed by atoms with Gasteiger partial charge in [-0.1, -0.05) is 98.8 Å². The quantitative estimate of drug-likeness (QED) is 0.352. The predicted octanol–water partition coefficient (Wildman–Crippen LogP) is 7.82. The number of carbonyl (C=O) groups is 1. The predicted molar refractivity (Wildman–Crippen MR) is 137 cm³/mol. The molecule has 1 aliphatic heterocycles. The van der Waals surface area contributed by atoms with Crippen molar-refractivity contribution in [1.29, 1.82) is 0 Å². The Morgan fingerprint density at radius 1 is 0.758 bits per heavy atom. The number of allylic oxidation sites excluding steroid dienone is 1. The Kier molecular flexibility index (Phi) is 4.51. The zero-order valence-electron chi connectivity index (χ0n) is 19.1. The second-order valence-corrected chi connectivity index (χ2v) is 10.1. The highest BCUT2D eigenvalue weighted by atomic mass is 16.1. The minimum Gasteiger partial charge on any atom is -0.373 e. The number of benzene rings is 4. The molecule has 0 fully saturated rings. The molecule has 1 N–H and O–H groups in total. The first kappa shape index (κ1) is 20.0. The summed E-state index contributed by atoms with van der Waals surface area (Å²) in [5.74, 6) is 0.268. The van der Waals surface area contributed by atoms with Crippen LogP contribution in [0.15, 0.2) is 96.6 Å². The highest BCUT2D eigenvalue weighted by Crippen LogP contribution is 2.52. The molecule has 2 nitrogen and oxygen atoms in total. The van der Waals surface area contributed by atoms with E-state index in [1.165, 1.54) is 33.0 Å². The SMILES string of the molecule is CC1(C)CC(=O)C2=C(C1)c1c(ccc3ccccc13)NC2c1ccc(-c2ccccc2)cc1. The average molecular weight is 430 g/mol. The van der Waals surface area contributed by atoms with Crippen LogP contribution in [0.1, 0.15) is 43.9 Å². The van der Waals surface area contributed by atoms with E-state index >= 15 is 0 Å². The van der Waals surface area contributed by atoms with Crippen LogP contribution < -0.4 is 5.32 Å². The van der Waals surface area contributed by atoms with E-state index in [0.717, 1.165) is 23.2 Å². The van der Waals surface area contributed by atoms with Crippen molar-refractivity contribution in [2.75, 3.05) is 5.32 Å². The van der Waals surface area contributed by atoms with Crippen LogP contribution in [0, 0.1) is 5.41 Å². The summed E-state index contributed by atoms with van der Waals surface area (Å²) in [5, 5.41) is 6.18. The monoisotopic (exact) mass is 429 g/mol. The zero-order valence-corrected chi connectivity index (χ0v) is 19.1. The summed E-state index contributed by atoms with van der Waals surface area (Å²) >= 11 is 0. The molecule has 2 heteroatoms. The van der Waals surface area contributed by atoms with Gasteiger partial charge in [0.25, 0.3) is 0 Å². The number of rotatable bonds is 2. The maximum Gasteiger partial charge on any atom is 0.162 e. The Morgan fingerprint density at radius 3 is 2.24 bits per heavy atom. The third-order valence-corrected chi connectivity index (χ3v) is 7.09. The van der Waals surface area contributed by atoms with Crippen LogP contribution in [0.4, 0.5) is 5.69 Å². The number of fused-ring (bicyclic) bond motifs is 4. The van der Waals surface area contributed by atoms with Gasteiger partial charge in [-0.3, -0.25) is 4.79 Å². The number of ketones is 1. The Morgan fingerprint density at radius 2 is 1.45 bits per heavy atom. The second kappa shape index (κ2) is 7.45. The summed E-state index contributed by atoms with van der Waals surface area (Å²) in [6, 6.07) is 31.8. The molecular weight excluding hydrogens is 402 g/mol. The highest BCUT2D eigenvalue weighted by Gasteiger charge is 2.40. The molecule has 162 valence electrons. The molecule has 1 aliphatic carbocycles. The van der Waals surface area contributed by atoms with E-state index in [9.17, 15) is 4.79 Å². The van der Waals surface area contributed by atoms with Gasteiger partial charge in [-0.15, -0.1) is 0 Å². The van der Waals surface area contributed by atoms with Crippen molar-refractivity contribution >= 4 is 27.8 Å². The molecule has 0 radical (unpaired) electrons. The van der Waals surface area contributed by atoms with Crippen LogP contribution in [0.5, 0.6) is 0 Å². The van der Waals surface area contributed by atoms with Crippen LogP contribution >= 0.6 is 0 Å². The van der Waals surface area contributed by atoms with Crippen molar-refractivity contribution in [3.05, 3.63) is 108 Å². The lowest BCUT2D eigenvalue weighted by Crippen LogP contribution is -2.33. The lowest BCUT2D eigenvalue weighted by molar-refractivity contribution is -0.118.